The van der Waals surface area contributed by atoms with Gasteiger partial charge in [-0.3, -0.25) is 0 Å². The Morgan fingerprint density at radius 2 is 1.80 bits per heavy atom. The average molecular weight is 360 g/mol. The summed E-state index contributed by atoms with van der Waals surface area (Å²) in [7, 11) is 2.04. The summed E-state index contributed by atoms with van der Waals surface area (Å²) in [6, 6.07) is 4.08. The van der Waals surface area contributed by atoms with Crippen LogP contribution in [0.25, 0.3) is 0 Å². The number of hydrogen-bond donors (Lipinski definition) is 0. The number of hydrogen-bond acceptors (Lipinski definition) is 6. The van der Waals surface area contributed by atoms with E-state index in [4.69, 9.17) is 37.0 Å². The molecule has 0 spiro atoms. The molecular weight excluding hydrogens is 345 g/mol. The van der Waals surface area contributed by atoms with Gasteiger partial charge in [-0.1, -0.05) is 11.6 Å². The zero-order valence-electron chi connectivity index (χ0n) is 11.4. The Morgan fingerprint density at radius 1 is 1.25 bits per heavy atom. The van der Waals surface area contributed by atoms with E-state index in [1.165, 1.54) is 46.5 Å². The van der Waals surface area contributed by atoms with E-state index in [0.29, 0.717) is 0 Å². The van der Waals surface area contributed by atoms with Crippen molar-refractivity contribution >= 4 is 40.1 Å². The van der Waals surface area contributed by atoms with Gasteiger partial charge in [0.05, 0.1) is 9.92 Å². The lowest BCUT2D eigenvalue weighted by atomic mass is 10.3. The van der Waals surface area contributed by atoms with Gasteiger partial charge in [0.25, 0.3) is 0 Å². The molecule has 0 N–H and O–H groups in total. The number of halogens is 1. The van der Waals surface area contributed by atoms with E-state index in [9.17, 15) is 8.42 Å². The van der Waals surface area contributed by atoms with Crippen LogP contribution in [0.4, 0.5) is 0 Å². The highest BCUT2D eigenvalue weighted by Crippen LogP contribution is 2.49. The molecule has 1 aromatic carbocycles. The fraction of sp³-hybridized carbons (Fsp3) is 0.400. The molecule has 0 heterocycles. The van der Waals surface area contributed by atoms with Gasteiger partial charge in [-0.15, -0.1) is 0 Å². The molecule has 6 nitrogen and oxygen atoms in total. The van der Waals surface area contributed by atoms with Crippen LogP contribution in [0.3, 0.4) is 0 Å². The molecule has 20 heavy (non-hydrogen) atoms. The molecule has 0 aromatic heterocycles. The summed E-state index contributed by atoms with van der Waals surface area (Å²) >= 11 is 11.1. The molecule has 0 fully saturated rings. The normalized spacial score (nSPS) is 12.7. The van der Waals surface area contributed by atoms with Gasteiger partial charge in [0, 0.05) is 40.1 Å². The molecule has 0 bridgehead atoms. The molecule has 1 rings (SSSR count). The van der Waals surface area contributed by atoms with Crippen LogP contribution in [0.5, 0.6) is 5.75 Å². The summed E-state index contributed by atoms with van der Waals surface area (Å²) in [5, 5.41) is 0.108. The maximum atomic E-state index is 12.0. The summed E-state index contributed by atoms with van der Waals surface area (Å²) in [4.78, 5) is 0.0583. The van der Waals surface area contributed by atoms with Gasteiger partial charge in [-0.25, -0.2) is 12.7 Å². The van der Waals surface area contributed by atoms with Crippen LogP contribution in [0.2, 0.25) is 5.02 Å². The lowest BCUT2D eigenvalue weighted by Gasteiger charge is -2.19. The summed E-state index contributed by atoms with van der Waals surface area (Å²) in [6.45, 7) is -2.92. The molecule has 10 heteroatoms. The minimum atomic E-state index is -3.56. The number of nitrogens with zero attached hydrogens (tertiary/aromatic N) is 1. The summed E-state index contributed by atoms with van der Waals surface area (Å²) in [6.07, 6.45) is 0. The van der Waals surface area contributed by atoms with Crippen molar-refractivity contribution in [3.05, 3.63) is 23.2 Å². The lowest BCUT2D eigenvalue weighted by Crippen LogP contribution is -2.22. The van der Waals surface area contributed by atoms with Crippen LogP contribution in [0, 0.1) is 0 Å². The third-order valence-corrected chi connectivity index (χ3v) is 6.88. The molecule has 0 aliphatic rings. The number of sulfonamides is 1. The van der Waals surface area contributed by atoms with Gasteiger partial charge in [0.2, 0.25) is 10.0 Å². The smallest absolute Gasteiger partial charge is 0.380 e. The van der Waals surface area contributed by atoms with Crippen LogP contribution in [0.1, 0.15) is 0 Å². The van der Waals surface area contributed by atoms with Gasteiger partial charge >= 0.3 is 6.72 Å². The van der Waals surface area contributed by atoms with Crippen molar-refractivity contribution < 1.29 is 22.0 Å². The third kappa shape index (κ3) is 3.92. The van der Waals surface area contributed by atoms with Gasteiger partial charge in [-0.05, 0) is 18.2 Å². The molecule has 0 amide bonds. The summed E-state index contributed by atoms with van der Waals surface area (Å²) in [5.41, 5.74) is 0. The molecule has 0 unspecified atom stereocenters. The predicted molar refractivity (Wildman–Crippen MR) is 81.3 cm³/mol. The molecule has 0 radical (unpaired) electrons. The van der Waals surface area contributed by atoms with Gasteiger partial charge in [-0.2, -0.15) is 0 Å². The van der Waals surface area contributed by atoms with Crippen molar-refractivity contribution in [2.45, 2.75) is 4.90 Å². The van der Waals surface area contributed by atoms with E-state index in [2.05, 4.69) is 0 Å². The van der Waals surface area contributed by atoms with Gasteiger partial charge in [0.1, 0.15) is 5.75 Å². The Hall–Kier alpha value is -0.210. The second-order valence-electron chi connectivity index (χ2n) is 3.78. The quantitative estimate of drug-likeness (QED) is 0.727. The topological polar surface area (TPSA) is 65.1 Å². The Balaban J connectivity index is 3.16. The van der Waals surface area contributed by atoms with E-state index in [1.54, 1.807) is 0 Å². The van der Waals surface area contributed by atoms with Crippen LogP contribution < -0.4 is 4.52 Å². The zero-order valence-corrected chi connectivity index (χ0v) is 14.6. The van der Waals surface area contributed by atoms with E-state index >= 15 is 0 Å². The van der Waals surface area contributed by atoms with Crippen molar-refractivity contribution in [1.82, 2.24) is 4.31 Å². The predicted octanol–water partition coefficient (Wildman–Crippen LogP) is 2.49. The van der Waals surface area contributed by atoms with Crippen LogP contribution in [-0.2, 0) is 30.9 Å². The second kappa shape index (κ2) is 6.70. The van der Waals surface area contributed by atoms with Crippen LogP contribution in [-0.4, -0.2) is 41.0 Å². The molecule has 0 aliphatic heterocycles. The van der Waals surface area contributed by atoms with Crippen molar-refractivity contribution in [2.24, 2.45) is 0 Å². The molecule has 114 valence electrons. The molecule has 0 aliphatic carbocycles. The highest BCUT2D eigenvalue weighted by atomic mass is 35.5. The first-order valence-electron chi connectivity index (χ1n) is 5.29. The molecule has 0 saturated carbocycles. The lowest BCUT2D eigenvalue weighted by molar-refractivity contribution is 0.273. The molecule has 0 atom stereocenters. The van der Waals surface area contributed by atoms with Gasteiger partial charge in [0.15, 0.2) is 0 Å². The fourth-order valence-electron chi connectivity index (χ4n) is 1.20. The standard InChI is InChI=1S/C10H15ClNO5PS2/c1-12(2)20(13,14)8-5-6-10(9(11)7-8)17-18(19,15-3)16-4/h5-7H,1-4H3. The average Bonchev–Trinajstić information content (AvgIpc) is 2.40. The molecule has 0 saturated heterocycles. The zero-order chi connectivity index (χ0) is 15.6. The van der Waals surface area contributed by atoms with Crippen LogP contribution in [0.15, 0.2) is 23.1 Å². The Bertz CT molecular complexity index is 627. The van der Waals surface area contributed by atoms with Crippen molar-refractivity contribution in [3.8, 4) is 5.75 Å². The first-order chi connectivity index (χ1) is 9.16. The van der Waals surface area contributed by atoms with Crippen LogP contribution >= 0.6 is 18.3 Å². The van der Waals surface area contributed by atoms with Crippen molar-refractivity contribution in [1.29, 1.82) is 0 Å². The maximum Gasteiger partial charge on any atom is 0.380 e. The molecular formula is C10H15ClNO5PS2. The third-order valence-electron chi connectivity index (χ3n) is 2.34. The first kappa shape index (κ1) is 17.8. The van der Waals surface area contributed by atoms with Gasteiger partial charge < -0.3 is 13.6 Å². The first-order valence-corrected chi connectivity index (χ1v) is 9.67. The summed E-state index contributed by atoms with van der Waals surface area (Å²) in [5.74, 6) is 0.205. The van der Waals surface area contributed by atoms with E-state index in [1.807, 2.05) is 0 Å². The Kier molecular flexibility index (Phi) is 5.98. The maximum absolute atomic E-state index is 12.0. The van der Waals surface area contributed by atoms with Crippen molar-refractivity contribution in [2.75, 3.05) is 28.3 Å². The number of rotatable bonds is 6. The molecule has 1 aromatic rings. The van der Waals surface area contributed by atoms with E-state index in [0.717, 1.165) is 4.31 Å². The van der Waals surface area contributed by atoms with Crippen molar-refractivity contribution in [3.63, 3.8) is 0 Å². The highest BCUT2D eigenvalue weighted by molar-refractivity contribution is 8.07. The summed E-state index contributed by atoms with van der Waals surface area (Å²) < 4.78 is 40.4. The minimum Gasteiger partial charge on any atom is -0.423 e. The second-order valence-corrected chi connectivity index (χ2v) is 9.49. The number of benzene rings is 1. The Morgan fingerprint density at radius 3 is 2.20 bits per heavy atom. The van der Waals surface area contributed by atoms with E-state index in [-0.39, 0.29) is 15.7 Å². The van der Waals surface area contributed by atoms with E-state index < -0.39 is 16.7 Å². The largest absolute Gasteiger partial charge is 0.423 e. The fourth-order valence-corrected chi connectivity index (χ4v) is 3.40. The minimum absolute atomic E-state index is 0.0583. The highest BCUT2D eigenvalue weighted by Gasteiger charge is 2.23. The SMILES string of the molecule is COP(=S)(OC)Oc1ccc(S(=O)(=O)N(C)C)cc1Cl. The monoisotopic (exact) mass is 359 g/mol. The Labute approximate surface area is 128 Å².